The number of carbonyl (C=O) groups excluding carboxylic acids is 2. The third-order valence-corrected chi connectivity index (χ3v) is 3.09. The summed E-state index contributed by atoms with van der Waals surface area (Å²) in [6, 6.07) is 6.40. The molecule has 0 heterocycles. The molecule has 0 aliphatic carbocycles. The number of alkyl carbamates (subject to hydrolysis) is 1. The lowest BCUT2D eigenvalue weighted by molar-refractivity contribution is 0.0560. The van der Waals surface area contributed by atoms with E-state index in [0.717, 1.165) is 5.56 Å². The maximum atomic E-state index is 12.0. The first-order valence-electron chi connectivity index (χ1n) is 8.88. The van der Waals surface area contributed by atoms with Gasteiger partial charge in [-0.3, -0.25) is 5.32 Å². The van der Waals surface area contributed by atoms with E-state index in [2.05, 4.69) is 10.3 Å². The average molecular weight is 392 g/mol. The summed E-state index contributed by atoms with van der Waals surface area (Å²) >= 11 is 0. The quantitative estimate of drug-likeness (QED) is 0.587. The number of ether oxygens (including phenoxy) is 2. The van der Waals surface area contributed by atoms with Crippen molar-refractivity contribution in [3.63, 3.8) is 0 Å². The van der Waals surface area contributed by atoms with E-state index in [9.17, 15) is 14.4 Å². The number of amidine groups is 1. The maximum Gasteiger partial charge on any atom is 0.435 e. The number of carboxylic acids is 1. The highest BCUT2D eigenvalue weighted by Gasteiger charge is 2.20. The summed E-state index contributed by atoms with van der Waals surface area (Å²) in [6.45, 7) is 10.3. The van der Waals surface area contributed by atoms with Crippen LogP contribution in [0.4, 0.5) is 9.59 Å². The monoisotopic (exact) mass is 392 g/mol. The van der Waals surface area contributed by atoms with Gasteiger partial charge in [0, 0.05) is 6.42 Å². The average Bonchev–Trinajstić information content (AvgIpc) is 2.49. The van der Waals surface area contributed by atoms with Crippen molar-refractivity contribution in [2.45, 2.75) is 65.6 Å². The minimum atomic E-state index is -1.03. The van der Waals surface area contributed by atoms with Crippen LogP contribution < -0.4 is 5.32 Å². The lowest BCUT2D eigenvalue weighted by atomic mass is 10.1. The number of hydrogen-bond acceptors (Lipinski definition) is 5. The molecule has 2 N–H and O–H groups in total. The zero-order chi connectivity index (χ0) is 21.5. The Morgan fingerprint density at radius 1 is 1.04 bits per heavy atom. The number of aryl methyl sites for hydroxylation is 1. The van der Waals surface area contributed by atoms with Crippen molar-refractivity contribution in [1.29, 1.82) is 0 Å². The van der Waals surface area contributed by atoms with E-state index in [4.69, 9.17) is 14.6 Å². The molecule has 8 nitrogen and oxygen atoms in total. The van der Waals surface area contributed by atoms with Crippen molar-refractivity contribution in [1.82, 2.24) is 5.32 Å². The molecule has 0 unspecified atom stereocenters. The fourth-order valence-electron chi connectivity index (χ4n) is 2.09. The fraction of sp³-hybridized carbons (Fsp3) is 0.500. The van der Waals surface area contributed by atoms with Gasteiger partial charge in [0.1, 0.15) is 17.0 Å². The van der Waals surface area contributed by atoms with Crippen LogP contribution in [0.15, 0.2) is 29.3 Å². The SMILES string of the molecule is CC(C)(C)OC(=O)N=C(CCc1cccc(C(=O)O)c1)NC(=O)OC(C)(C)C. The predicted molar refractivity (Wildman–Crippen MR) is 105 cm³/mol. The Bertz CT molecular complexity index is 757. The van der Waals surface area contributed by atoms with Gasteiger partial charge in [-0.2, -0.15) is 4.99 Å². The molecule has 0 saturated carbocycles. The van der Waals surface area contributed by atoms with Crippen LogP contribution in [-0.4, -0.2) is 40.3 Å². The number of rotatable bonds is 4. The zero-order valence-electron chi connectivity index (χ0n) is 17.2. The van der Waals surface area contributed by atoms with Gasteiger partial charge in [0.15, 0.2) is 0 Å². The highest BCUT2D eigenvalue weighted by Crippen LogP contribution is 2.11. The van der Waals surface area contributed by atoms with E-state index in [1.165, 1.54) is 12.1 Å². The third-order valence-electron chi connectivity index (χ3n) is 3.09. The molecule has 0 aliphatic rings. The number of nitrogens with one attached hydrogen (secondary N) is 1. The molecule has 28 heavy (non-hydrogen) atoms. The highest BCUT2D eigenvalue weighted by atomic mass is 16.6. The molecule has 1 rings (SSSR count). The number of benzene rings is 1. The normalized spacial score (nSPS) is 12.3. The Morgan fingerprint density at radius 2 is 1.64 bits per heavy atom. The predicted octanol–water partition coefficient (Wildman–Crippen LogP) is 4.18. The molecule has 8 heteroatoms. The fourth-order valence-corrected chi connectivity index (χ4v) is 2.09. The van der Waals surface area contributed by atoms with Crippen LogP contribution in [0.1, 0.15) is 63.9 Å². The largest absolute Gasteiger partial charge is 0.478 e. The van der Waals surface area contributed by atoms with E-state index < -0.39 is 29.4 Å². The number of aromatic carboxylic acids is 1. The Morgan fingerprint density at radius 3 is 2.18 bits per heavy atom. The third kappa shape index (κ3) is 9.70. The number of hydrogen-bond donors (Lipinski definition) is 2. The summed E-state index contributed by atoms with van der Waals surface area (Å²) in [5.41, 5.74) is -0.560. The van der Waals surface area contributed by atoms with Gasteiger partial charge >= 0.3 is 18.2 Å². The van der Waals surface area contributed by atoms with Crippen LogP contribution in [0.2, 0.25) is 0 Å². The van der Waals surface area contributed by atoms with Crippen molar-refractivity contribution in [3.05, 3.63) is 35.4 Å². The van der Waals surface area contributed by atoms with E-state index in [-0.39, 0.29) is 17.8 Å². The first kappa shape index (κ1) is 23.1. The topological polar surface area (TPSA) is 114 Å². The second-order valence-corrected chi connectivity index (χ2v) is 8.17. The van der Waals surface area contributed by atoms with E-state index in [0.29, 0.717) is 6.42 Å². The molecule has 1 aromatic rings. The molecule has 0 spiro atoms. The second kappa shape index (κ2) is 9.34. The molecular weight excluding hydrogens is 364 g/mol. The summed E-state index contributed by atoms with van der Waals surface area (Å²) in [4.78, 5) is 39.0. The molecule has 0 bridgehead atoms. The van der Waals surface area contributed by atoms with Gasteiger partial charge in [-0.15, -0.1) is 0 Å². The van der Waals surface area contributed by atoms with Gasteiger partial charge in [-0.1, -0.05) is 12.1 Å². The second-order valence-electron chi connectivity index (χ2n) is 8.17. The van der Waals surface area contributed by atoms with Crippen molar-refractivity contribution < 1.29 is 29.0 Å². The van der Waals surface area contributed by atoms with Gasteiger partial charge in [-0.25, -0.2) is 14.4 Å². The van der Waals surface area contributed by atoms with Crippen LogP contribution in [0.25, 0.3) is 0 Å². The highest BCUT2D eigenvalue weighted by molar-refractivity contribution is 6.00. The van der Waals surface area contributed by atoms with Crippen molar-refractivity contribution >= 4 is 24.0 Å². The van der Waals surface area contributed by atoms with Crippen molar-refractivity contribution in [3.8, 4) is 0 Å². The van der Waals surface area contributed by atoms with Crippen molar-refractivity contribution in [2.24, 2.45) is 4.99 Å². The molecule has 0 radical (unpaired) electrons. The van der Waals surface area contributed by atoms with Crippen LogP contribution in [0.3, 0.4) is 0 Å². The molecule has 0 atom stereocenters. The van der Waals surface area contributed by atoms with E-state index in [1.54, 1.807) is 53.7 Å². The number of amides is 2. The smallest absolute Gasteiger partial charge is 0.435 e. The van der Waals surface area contributed by atoms with Crippen LogP contribution in [0, 0.1) is 0 Å². The lowest BCUT2D eigenvalue weighted by Gasteiger charge is -2.20. The van der Waals surface area contributed by atoms with Crippen LogP contribution in [-0.2, 0) is 15.9 Å². The van der Waals surface area contributed by atoms with Gasteiger partial charge in [0.2, 0.25) is 0 Å². The lowest BCUT2D eigenvalue weighted by Crippen LogP contribution is -2.37. The minimum Gasteiger partial charge on any atom is -0.478 e. The molecule has 1 aromatic carbocycles. The van der Waals surface area contributed by atoms with Gasteiger partial charge in [-0.05, 0) is 65.7 Å². The van der Waals surface area contributed by atoms with Crippen LogP contribution in [0.5, 0.6) is 0 Å². The summed E-state index contributed by atoms with van der Waals surface area (Å²) in [5, 5.41) is 11.6. The molecule has 0 fully saturated rings. The summed E-state index contributed by atoms with van der Waals surface area (Å²) in [7, 11) is 0. The molecule has 154 valence electrons. The van der Waals surface area contributed by atoms with E-state index >= 15 is 0 Å². The van der Waals surface area contributed by atoms with Gasteiger partial charge in [0.05, 0.1) is 5.56 Å². The molecule has 0 saturated heterocycles. The Balaban J connectivity index is 2.93. The summed E-state index contributed by atoms with van der Waals surface area (Å²) < 4.78 is 10.3. The van der Waals surface area contributed by atoms with Crippen molar-refractivity contribution in [2.75, 3.05) is 0 Å². The first-order chi connectivity index (χ1) is 12.7. The van der Waals surface area contributed by atoms with Gasteiger partial charge in [0.25, 0.3) is 0 Å². The standard InChI is InChI=1S/C20H28N2O6/c1-19(2,3)27-17(25)21-15(22-18(26)28-20(4,5)6)11-10-13-8-7-9-14(12-13)16(23)24/h7-9,12H,10-11H2,1-6H3,(H,23,24)(H,21,22,25,26). The first-order valence-corrected chi connectivity index (χ1v) is 8.88. The summed E-state index contributed by atoms with van der Waals surface area (Å²) in [6.07, 6.45) is -1.04. The number of carbonyl (C=O) groups is 3. The Kier molecular flexibility index (Phi) is 7.72. The molecule has 0 aliphatic heterocycles. The summed E-state index contributed by atoms with van der Waals surface area (Å²) in [5.74, 6) is -0.958. The number of carboxylic acid groups (broad SMARTS) is 1. The number of nitrogens with zero attached hydrogens (tertiary/aromatic N) is 1. The Hall–Kier alpha value is -2.90. The van der Waals surface area contributed by atoms with Crippen LogP contribution >= 0.6 is 0 Å². The zero-order valence-corrected chi connectivity index (χ0v) is 17.2. The maximum absolute atomic E-state index is 12.0. The molecule has 0 aromatic heterocycles. The minimum absolute atomic E-state index is 0.0734. The van der Waals surface area contributed by atoms with E-state index in [1.807, 2.05) is 0 Å². The molecular formula is C20H28N2O6. The van der Waals surface area contributed by atoms with Gasteiger partial charge < -0.3 is 14.6 Å². The Labute approximate surface area is 164 Å². The molecule has 2 amide bonds. The number of aliphatic imine (C=N–C) groups is 1.